The van der Waals surface area contributed by atoms with Crippen LogP contribution in [0.25, 0.3) is 0 Å². The highest BCUT2D eigenvalue weighted by molar-refractivity contribution is 5.74. The second-order valence-electron chi connectivity index (χ2n) is 9.44. The number of rotatable bonds is 6. The minimum Gasteiger partial charge on any atom is -0.508 e. The molecule has 31 heavy (non-hydrogen) atoms. The Balaban J connectivity index is 1.56. The molecule has 3 heterocycles. The van der Waals surface area contributed by atoms with Gasteiger partial charge in [-0.1, -0.05) is 12.1 Å². The Morgan fingerprint density at radius 3 is 2.45 bits per heavy atom. The van der Waals surface area contributed by atoms with Crippen LogP contribution >= 0.6 is 0 Å². The first-order valence-corrected chi connectivity index (χ1v) is 10.5. The third-order valence-electron chi connectivity index (χ3n) is 5.93. The maximum Gasteiger partial charge on any atom is 0.321 e. The molecule has 172 valence electrons. The van der Waals surface area contributed by atoms with Crippen LogP contribution in [0.15, 0.2) is 24.3 Å². The molecule has 0 radical (unpaired) electrons. The van der Waals surface area contributed by atoms with Crippen molar-refractivity contribution < 1.29 is 38.7 Å². The van der Waals surface area contributed by atoms with Gasteiger partial charge in [-0.3, -0.25) is 9.69 Å². The molecular weight excluding hydrogens is 406 g/mol. The van der Waals surface area contributed by atoms with E-state index in [0.717, 1.165) is 5.56 Å². The van der Waals surface area contributed by atoms with Gasteiger partial charge in [-0.05, 0) is 58.9 Å². The SMILES string of the molecule is CN(C[C@@]12OC[C@H]3OC(C)(C)O[C@H]3[C@@H]1OC(C)(C)O2)[C@@H](Cc1ccc(O)cc1)C(=O)O. The molecular formula is C22H31NO8. The third-order valence-corrected chi connectivity index (χ3v) is 5.93. The number of carboxylic acid groups (broad SMARTS) is 1. The van der Waals surface area contributed by atoms with Crippen molar-refractivity contribution in [3.8, 4) is 5.75 Å². The van der Waals surface area contributed by atoms with E-state index in [2.05, 4.69) is 0 Å². The molecule has 4 rings (SSSR count). The summed E-state index contributed by atoms with van der Waals surface area (Å²) in [7, 11) is 1.73. The van der Waals surface area contributed by atoms with Crippen LogP contribution < -0.4 is 0 Å². The van der Waals surface area contributed by atoms with E-state index in [0.29, 0.717) is 0 Å². The average Bonchev–Trinajstić information content (AvgIpc) is 3.11. The topological polar surface area (TPSA) is 107 Å². The van der Waals surface area contributed by atoms with Crippen molar-refractivity contribution >= 4 is 5.97 Å². The number of hydrogen-bond acceptors (Lipinski definition) is 8. The summed E-state index contributed by atoms with van der Waals surface area (Å²) in [5.74, 6) is -3.70. The Hall–Kier alpha value is -1.75. The van der Waals surface area contributed by atoms with Crippen LogP contribution in [-0.2, 0) is 34.9 Å². The molecule has 0 spiro atoms. The number of likely N-dealkylation sites (N-methyl/N-ethyl adjacent to an activating group) is 1. The fourth-order valence-corrected chi connectivity index (χ4v) is 4.71. The van der Waals surface area contributed by atoms with Crippen molar-refractivity contribution in [3.05, 3.63) is 29.8 Å². The van der Waals surface area contributed by atoms with E-state index in [4.69, 9.17) is 23.7 Å². The molecule has 0 amide bonds. The van der Waals surface area contributed by atoms with Gasteiger partial charge < -0.3 is 33.9 Å². The van der Waals surface area contributed by atoms with Gasteiger partial charge >= 0.3 is 5.97 Å². The maximum atomic E-state index is 12.1. The number of carboxylic acids is 1. The predicted molar refractivity (Wildman–Crippen MR) is 108 cm³/mol. The summed E-state index contributed by atoms with van der Waals surface area (Å²) >= 11 is 0. The van der Waals surface area contributed by atoms with Crippen LogP contribution in [-0.4, -0.2) is 83.0 Å². The molecule has 0 aromatic heterocycles. The smallest absolute Gasteiger partial charge is 0.321 e. The van der Waals surface area contributed by atoms with E-state index >= 15 is 0 Å². The lowest BCUT2D eigenvalue weighted by molar-refractivity contribution is -0.287. The van der Waals surface area contributed by atoms with E-state index in [1.54, 1.807) is 50.1 Å². The normalized spacial score (nSPS) is 34.3. The van der Waals surface area contributed by atoms with Gasteiger partial charge in [0, 0.05) is 0 Å². The Morgan fingerprint density at radius 2 is 1.81 bits per heavy atom. The highest BCUT2D eigenvalue weighted by Crippen LogP contribution is 2.47. The van der Waals surface area contributed by atoms with E-state index in [1.807, 2.05) is 13.8 Å². The van der Waals surface area contributed by atoms with Crippen LogP contribution in [0.3, 0.4) is 0 Å². The summed E-state index contributed by atoms with van der Waals surface area (Å²) in [6, 6.07) is 5.69. The van der Waals surface area contributed by atoms with Crippen LogP contribution in [0.5, 0.6) is 5.75 Å². The zero-order valence-electron chi connectivity index (χ0n) is 18.5. The first kappa shape index (κ1) is 22.4. The molecule has 0 saturated carbocycles. The van der Waals surface area contributed by atoms with E-state index in [-0.39, 0.29) is 37.5 Å². The summed E-state index contributed by atoms with van der Waals surface area (Å²) < 4.78 is 30.7. The number of hydrogen-bond donors (Lipinski definition) is 2. The van der Waals surface area contributed by atoms with Gasteiger partial charge in [-0.2, -0.15) is 0 Å². The van der Waals surface area contributed by atoms with Crippen LogP contribution in [0.4, 0.5) is 0 Å². The van der Waals surface area contributed by atoms with Crippen molar-refractivity contribution in [1.29, 1.82) is 0 Å². The molecule has 2 N–H and O–H groups in total. The van der Waals surface area contributed by atoms with Gasteiger partial charge in [0.1, 0.15) is 30.1 Å². The monoisotopic (exact) mass is 437 g/mol. The molecule has 1 aromatic carbocycles. The molecule has 9 nitrogen and oxygen atoms in total. The molecule has 3 aliphatic rings. The van der Waals surface area contributed by atoms with Gasteiger partial charge in [-0.15, -0.1) is 0 Å². The molecule has 0 aliphatic carbocycles. The lowest BCUT2D eigenvalue weighted by Crippen LogP contribution is -2.63. The molecule has 0 bridgehead atoms. The Bertz CT molecular complexity index is 825. The summed E-state index contributed by atoms with van der Waals surface area (Å²) in [5.41, 5.74) is 0.800. The van der Waals surface area contributed by atoms with Crippen molar-refractivity contribution in [2.75, 3.05) is 20.2 Å². The third kappa shape index (κ3) is 4.44. The van der Waals surface area contributed by atoms with Crippen LogP contribution in [0, 0.1) is 0 Å². The van der Waals surface area contributed by atoms with E-state index in [9.17, 15) is 15.0 Å². The lowest BCUT2D eigenvalue weighted by Gasteiger charge is -2.43. The number of aliphatic carboxylic acids is 1. The summed E-state index contributed by atoms with van der Waals surface area (Å²) in [6.07, 6.45) is -0.994. The highest BCUT2D eigenvalue weighted by atomic mass is 16.9. The molecule has 5 atom stereocenters. The summed E-state index contributed by atoms with van der Waals surface area (Å²) in [5, 5.41) is 19.4. The number of carbonyl (C=O) groups is 1. The van der Waals surface area contributed by atoms with Gasteiger partial charge in [0.2, 0.25) is 5.79 Å². The number of aromatic hydroxyl groups is 1. The van der Waals surface area contributed by atoms with Crippen molar-refractivity contribution in [2.45, 2.75) is 75.8 Å². The van der Waals surface area contributed by atoms with E-state index in [1.165, 1.54) is 0 Å². The standard InChI is InChI=1S/C22H31NO8/c1-20(2)28-16-11-27-22(18(17(16)29-20)30-21(3,4)31-22)12-23(5)15(19(25)26)10-13-6-8-14(24)9-7-13/h6-9,15-18,24H,10-12H2,1-5H3,(H,25,26)/t15-,16+,17+,18-,22-/m0/s1. The minimum absolute atomic E-state index is 0.135. The Kier molecular flexibility index (Phi) is 5.56. The second-order valence-corrected chi connectivity index (χ2v) is 9.44. The Labute approximate surface area is 181 Å². The fourth-order valence-electron chi connectivity index (χ4n) is 4.71. The van der Waals surface area contributed by atoms with Crippen molar-refractivity contribution in [1.82, 2.24) is 4.90 Å². The number of fused-ring (bicyclic) bond motifs is 3. The van der Waals surface area contributed by atoms with Crippen LogP contribution in [0.1, 0.15) is 33.3 Å². The second kappa shape index (κ2) is 7.68. The predicted octanol–water partition coefficient (Wildman–Crippen LogP) is 1.72. The molecule has 3 fully saturated rings. The number of ether oxygens (including phenoxy) is 5. The molecule has 9 heteroatoms. The number of benzene rings is 1. The molecule has 1 aromatic rings. The van der Waals surface area contributed by atoms with Gasteiger partial charge in [-0.25, -0.2) is 0 Å². The molecule has 3 aliphatic heterocycles. The largest absolute Gasteiger partial charge is 0.508 e. The lowest BCUT2D eigenvalue weighted by atomic mass is 9.95. The first-order chi connectivity index (χ1) is 14.4. The van der Waals surface area contributed by atoms with Crippen molar-refractivity contribution in [3.63, 3.8) is 0 Å². The number of phenols is 1. The average molecular weight is 437 g/mol. The number of nitrogens with zero attached hydrogens (tertiary/aromatic N) is 1. The summed E-state index contributed by atoms with van der Waals surface area (Å²) in [4.78, 5) is 13.8. The molecule has 0 unspecified atom stereocenters. The maximum absolute atomic E-state index is 12.1. The van der Waals surface area contributed by atoms with E-state index < -0.39 is 35.5 Å². The van der Waals surface area contributed by atoms with Gasteiger partial charge in [0.15, 0.2) is 11.6 Å². The minimum atomic E-state index is -1.19. The van der Waals surface area contributed by atoms with Crippen LogP contribution in [0.2, 0.25) is 0 Å². The molecule has 3 saturated heterocycles. The van der Waals surface area contributed by atoms with Crippen molar-refractivity contribution in [2.24, 2.45) is 0 Å². The quantitative estimate of drug-likeness (QED) is 0.688. The zero-order valence-corrected chi connectivity index (χ0v) is 18.5. The fraction of sp³-hybridized carbons (Fsp3) is 0.682. The number of phenolic OH excluding ortho intramolecular Hbond substituents is 1. The van der Waals surface area contributed by atoms with Gasteiger partial charge in [0.25, 0.3) is 0 Å². The van der Waals surface area contributed by atoms with Gasteiger partial charge in [0.05, 0.1) is 13.2 Å². The zero-order chi connectivity index (χ0) is 22.6. The summed E-state index contributed by atoms with van der Waals surface area (Å²) in [6.45, 7) is 7.72. The first-order valence-electron chi connectivity index (χ1n) is 10.5. The highest BCUT2D eigenvalue weighted by Gasteiger charge is 2.65. The Morgan fingerprint density at radius 1 is 1.13 bits per heavy atom.